The Labute approximate surface area is 114 Å². The summed E-state index contributed by atoms with van der Waals surface area (Å²) in [6, 6.07) is 1.82. The van der Waals surface area contributed by atoms with Crippen molar-refractivity contribution in [3.8, 4) is 0 Å². The summed E-state index contributed by atoms with van der Waals surface area (Å²) in [6.45, 7) is 8.77. The van der Waals surface area contributed by atoms with Crippen molar-refractivity contribution in [2.45, 2.75) is 46.7 Å². The summed E-state index contributed by atoms with van der Waals surface area (Å²) < 4.78 is 1.71. The molecule has 0 bridgehead atoms. The number of nitrogens with one attached hydrogen (secondary N) is 1. The summed E-state index contributed by atoms with van der Waals surface area (Å²) in [6.07, 6.45) is 0.883. The van der Waals surface area contributed by atoms with E-state index >= 15 is 0 Å². The van der Waals surface area contributed by atoms with Gasteiger partial charge in [-0.2, -0.15) is 5.10 Å². The highest BCUT2D eigenvalue weighted by Crippen LogP contribution is 2.09. The summed E-state index contributed by atoms with van der Waals surface area (Å²) in [5.41, 5.74) is 1.46. The lowest BCUT2D eigenvalue weighted by Crippen LogP contribution is -2.38. The molecule has 0 spiro atoms. The molecule has 0 aromatic carbocycles. The number of aromatic nitrogens is 2. The molecule has 0 fully saturated rings. The Morgan fingerprint density at radius 1 is 1.56 bits per heavy atom. The first-order valence-electron chi connectivity index (χ1n) is 6.39. The zero-order valence-corrected chi connectivity index (χ0v) is 12.3. The van der Waals surface area contributed by atoms with Gasteiger partial charge < -0.3 is 5.32 Å². The highest BCUT2D eigenvalue weighted by Gasteiger charge is 2.17. The van der Waals surface area contributed by atoms with Gasteiger partial charge in [-0.05, 0) is 32.3 Å². The average Bonchev–Trinajstić information content (AvgIpc) is 2.69. The maximum Gasteiger partial charge on any atom is 0.269 e. The van der Waals surface area contributed by atoms with Gasteiger partial charge in [-0.1, -0.05) is 13.8 Å². The molecule has 0 radical (unpaired) electrons. The first-order chi connectivity index (χ1) is 8.47. The van der Waals surface area contributed by atoms with E-state index in [0.29, 0.717) is 24.0 Å². The van der Waals surface area contributed by atoms with Crippen molar-refractivity contribution in [3.63, 3.8) is 0 Å². The quantitative estimate of drug-likeness (QED) is 0.809. The first-order valence-corrected chi connectivity index (χ1v) is 6.92. The highest BCUT2D eigenvalue weighted by molar-refractivity contribution is 6.18. The number of carbonyl (C=O) groups is 1. The molecule has 5 heteroatoms. The highest BCUT2D eigenvalue weighted by atomic mass is 35.5. The summed E-state index contributed by atoms with van der Waals surface area (Å²) in [5, 5.41) is 7.24. The molecule has 1 atom stereocenters. The van der Waals surface area contributed by atoms with E-state index in [0.717, 1.165) is 12.1 Å². The van der Waals surface area contributed by atoms with Crippen molar-refractivity contribution in [1.82, 2.24) is 15.1 Å². The fraction of sp³-hybridized carbons (Fsp3) is 0.692. The van der Waals surface area contributed by atoms with Crippen LogP contribution in [0.15, 0.2) is 6.07 Å². The van der Waals surface area contributed by atoms with Crippen molar-refractivity contribution >= 4 is 17.5 Å². The summed E-state index contributed by atoms with van der Waals surface area (Å²) in [4.78, 5) is 12.2. The first kappa shape index (κ1) is 15.0. The van der Waals surface area contributed by atoms with Gasteiger partial charge in [0.25, 0.3) is 5.91 Å². The van der Waals surface area contributed by atoms with E-state index in [2.05, 4.69) is 24.3 Å². The van der Waals surface area contributed by atoms with Crippen LogP contribution in [0.5, 0.6) is 0 Å². The third-order valence-corrected chi connectivity index (χ3v) is 3.08. The number of alkyl halides is 1. The molecule has 1 unspecified atom stereocenters. The van der Waals surface area contributed by atoms with Gasteiger partial charge in [0.2, 0.25) is 0 Å². The van der Waals surface area contributed by atoms with Crippen molar-refractivity contribution in [3.05, 3.63) is 17.5 Å². The van der Waals surface area contributed by atoms with Crippen molar-refractivity contribution in [2.24, 2.45) is 5.92 Å². The minimum atomic E-state index is -0.0937. The lowest BCUT2D eigenvalue weighted by atomic mass is 10.1. The molecule has 0 aliphatic carbocycles. The molecule has 1 aromatic heterocycles. The minimum Gasteiger partial charge on any atom is -0.347 e. The van der Waals surface area contributed by atoms with Crippen LogP contribution in [0, 0.1) is 12.8 Å². The molecule has 0 saturated heterocycles. The van der Waals surface area contributed by atoms with Crippen LogP contribution >= 0.6 is 11.6 Å². The van der Waals surface area contributed by atoms with Crippen LogP contribution < -0.4 is 5.32 Å². The van der Waals surface area contributed by atoms with E-state index < -0.39 is 0 Å². The number of nitrogens with zero attached hydrogens (tertiary/aromatic N) is 2. The Balaban J connectivity index is 2.74. The smallest absolute Gasteiger partial charge is 0.269 e. The fourth-order valence-electron chi connectivity index (χ4n) is 1.96. The Kier molecular flexibility index (Phi) is 5.66. The van der Waals surface area contributed by atoms with Crippen LogP contribution in [0.2, 0.25) is 0 Å². The molecule has 0 aliphatic heterocycles. The van der Waals surface area contributed by atoms with Crippen LogP contribution in [-0.2, 0) is 6.54 Å². The summed E-state index contributed by atoms with van der Waals surface area (Å²) >= 11 is 5.88. The number of amides is 1. The third-order valence-electron chi connectivity index (χ3n) is 2.71. The van der Waals surface area contributed by atoms with E-state index in [-0.39, 0.29) is 11.9 Å². The van der Waals surface area contributed by atoms with Gasteiger partial charge in [0.15, 0.2) is 0 Å². The molecule has 1 amide bonds. The van der Waals surface area contributed by atoms with Gasteiger partial charge >= 0.3 is 0 Å². The fourth-order valence-corrected chi connectivity index (χ4v) is 2.16. The van der Waals surface area contributed by atoms with E-state index in [1.54, 1.807) is 10.7 Å². The number of aryl methyl sites for hydroxylation is 2. The van der Waals surface area contributed by atoms with Crippen molar-refractivity contribution < 1.29 is 4.79 Å². The summed E-state index contributed by atoms with van der Waals surface area (Å²) in [5.74, 6) is 0.846. The van der Waals surface area contributed by atoms with Gasteiger partial charge in [-0.15, -0.1) is 11.6 Å². The molecule has 102 valence electrons. The Morgan fingerprint density at radius 2 is 2.22 bits per heavy atom. The van der Waals surface area contributed by atoms with Gasteiger partial charge in [-0.25, -0.2) is 0 Å². The lowest BCUT2D eigenvalue weighted by Gasteiger charge is -2.18. The number of rotatable bonds is 6. The topological polar surface area (TPSA) is 46.9 Å². The number of hydrogen-bond acceptors (Lipinski definition) is 2. The molecule has 4 nitrogen and oxygen atoms in total. The Bertz CT molecular complexity index is 401. The summed E-state index contributed by atoms with van der Waals surface area (Å²) in [7, 11) is 0. The Hall–Kier alpha value is -1.03. The lowest BCUT2D eigenvalue weighted by molar-refractivity contribution is 0.0926. The molecular formula is C13H22ClN3O. The van der Waals surface area contributed by atoms with Crippen molar-refractivity contribution in [1.29, 1.82) is 0 Å². The zero-order chi connectivity index (χ0) is 13.7. The molecule has 1 aromatic rings. The molecule has 18 heavy (non-hydrogen) atoms. The van der Waals surface area contributed by atoms with E-state index in [1.807, 2.05) is 13.8 Å². The SMILES string of the molecule is CCn1nc(C)cc1C(=O)NC(CCl)CC(C)C. The largest absolute Gasteiger partial charge is 0.347 e. The van der Waals surface area contributed by atoms with Crippen LogP contribution in [0.1, 0.15) is 43.4 Å². The van der Waals surface area contributed by atoms with Gasteiger partial charge in [0, 0.05) is 18.5 Å². The van der Waals surface area contributed by atoms with E-state index in [4.69, 9.17) is 11.6 Å². The molecule has 1 rings (SSSR count). The predicted octanol–water partition coefficient (Wildman–Crippen LogP) is 2.59. The van der Waals surface area contributed by atoms with Crippen LogP contribution in [-0.4, -0.2) is 27.6 Å². The molecule has 0 aliphatic rings. The minimum absolute atomic E-state index is 0.0136. The monoisotopic (exact) mass is 271 g/mol. The molecule has 1 heterocycles. The van der Waals surface area contributed by atoms with Gasteiger partial charge in [0.1, 0.15) is 5.69 Å². The second kappa shape index (κ2) is 6.78. The standard InChI is InChI=1S/C13H22ClN3O/c1-5-17-12(7-10(4)16-17)13(18)15-11(8-14)6-9(2)3/h7,9,11H,5-6,8H2,1-4H3,(H,15,18). The average molecular weight is 272 g/mol. The molecule has 0 saturated carbocycles. The predicted molar refractivity (Wildman–Crippen MR) is 74.1 cm³/mol. The number of hydrogen-bond donors (Lipinski definition) is 1. The zero-order valence-electron chi connectivity index (χ0n) is 11.5. The van der Waals surface area contributed by atoms with Crippen molar-refractivity contribution in [2.75, 3.05) is 5.88 Å². The normalized spacial score (nSPS) is 12.8. The molecule has 1 N–H and O–H groups in total. The Morgan fingerprint density at radius 3 is 2.72 bits per heavy atom. The second-order valence-corrected chi connectivity index (χ2v) is 5.25. The third kappa shape index (κ3) is 4.02. The number of halogens is 1. The number of carbonyl (C=O) groups excluding carboxylic acids is 1. The maximum absolute atomic E-state index is 12.2. The molecular weight excluding hydrogens is 250 g/mol. The van der Waals surface area contributed by atoms with E-state index in [9.17, 15) is 4.79 Å². The van der Waals surface area contributed by atoms with Crippen LogP contribution in [0.25, 0.3) is 0 Å². The second-order valence-electron chi connectivity index (χ2n) is 4.94. The van der Waals surface area contributed by atoms with Gasteiger partial charge in [0.05, 0.1) is 5.69 Å². The van der Waals surface area contributed by atoms with Gasteiger partial charge in [-0.3, -0.25) is 9.48 Å². The van der Waals surface area contributed by atoms with E-state index in [1.165, 1.54) is 0 Å². The van der Waals surface area contributed by atoms with Crippen LogP contribution in [0.3, 0.4) is 0 Å². The van der Waals surface area contributed by atoms with Crippen LogP contribution in [0.4, 0.5) is 0 Å². The maximum atomic E-state index is 12.2.